The molecule has 1 aromatic rings. The Labute approximate surface area is 119 Å². The van der Waals surface area contributed by atoms with Gasteiger partial charge in [-0.3, -0.25) is 0 Å². The van der Waals surface area contributed by atoms with Crippen molar-refractivity contribution in [1.29, 1.82) is 0 Å². The standard InChI is InChI=1S/C14H24N4S/c1-10(2)13-16-14(19-17-13)18(12-3-4-12)9-11-5-7-15-8-6-11/h10-12,15H,3-9H2,1-2H3. The van der Waals surface area contributed by atoms with E-state index in [9.17, 15) is 0 Å². The van der Waals surface area contributed by atoms with Gasteiger partial charge in [-0.25, -0.2) is 4.98 Å². The van der Waals surface area contributed by atoms with Gasteiger partial charge in [0.25, 0.3) is 0 Å². The fourth-order valence-corrected chi connectivity index (χ4v) is 3.58. The van der Waals surface area contributed by atoms with Gasteiger partial charge >= 0.3 is 0 Å². The zero-order chi connectivity index (χ0) is 13.2. The third-order valence-electron chi connectivity index (χ3n) is 4.09. The van der Waals surface area contributed by atoms with E-state index in [1.165, 1.54) is 45.3 Å². The van der Waals surface area contributed by atoms with E-state index in [2.05, 4.69) is 28.4 Å². The molecule has 0 unspecified atom stereocenters. The first-order chi connectivity index (χ1) is 9.24. The van der Waals surface area contributed by atoms with Crippen LogP contribution in [0.2, 0.25) is 0 Å². The van der Waals surface area contributed by atoms with Crippen molar-refractivity contribution in [2.75, 3.05) is 24.5 Å². The molecule has 0 spiro atoms. The van der Waals surface area contributed by atoms with Crippen LogP contribution >= 0.6 is 11.5 Å². The number of rotatable bonds is 5. The topological polar surface area (TPSA) is 41.1 Å². The van der Waals surface area contributed by atoms with Gasteiger partial charge in [0, 0.05) is 30.0 Å². The Balaban J connectivity index is 1.68. The summed E-state index contributed by atoms with van der Waals surface area (Å²) in [5.74, 6) is 2.27. The molecule has 1 aliphatic heterocycles. The first kappa shape index (κ1) is 13.3. The van der Waals surface area contributed by atoms with Crippen molar-refractivity contribution in [2.24, 2.45) is 5.92 Å². The molecule has 0 radical (unpaired) electrons. The molecule has 3 rings (SSSR count). The highest BCUT2D eigenvalue weighted by Crippen LogP contribution is 2.34. The predicted molar refractivity (Wildman–Crippen MR) is 80.0 cm³/mol. The number of nitrogens with zero attached hydrogens (tertiary/aromatic N) is 3. The van der Waals surface area contributed by atoms with E-state index in [0.717, 1.165) is 22.9 Å². The summed E-state index contributed by atoms with van der Waals surface area (Å²) < 4.78 is 4.52. The highest BCUT2D eigenvalue weighted by molar-refractivity contribution is 7.09. The van der Waals surface area contributed by atoms with Crippen molar-refractivity contribution in [3.05, 3.63) is 5.82 Å². The molecule has 2 aliphatic rings. The minimum absolute atomic E-state index is 0.435. The average molecular weight is 280 g/mol. The molecule has 1 saturated carbocycles. The smallest absolute Gasteiger partial charge is 0.205 e. The van der Waals surface area contributed by atoms with Gasteiger partial charge in [0.15, 0.2) is 0 Å². The van der Waals surface area contributed by atoms with E-state index >= 15 is 0 Å². The van der Waals surface area contributed by atoms with Gasteiger partial charge in [-0.1, -0.05) is 13.8 Å². The summed E-state index contributed by atoms with van der Waals surface area (Å²) in [5.41, 5.74) is 0. The van der Waals surface area contributed by atoms with E-state index in [1.54, 1.807) is 11.5 Å². The minimum atomic E-state index is 0.435. The van der Waals surface area contributed by atoms with Crippen molar-refractivity contribution in [2.45, 2.75) is 51.5 Å². The van der Waals surface area contributed by atoms with Gasteiger partial charge < -0.3 is 10.2 Å². The molecule has 1 N–H and O–H groups in total. The summed E-state index contributed by atoms with van der Waals surface area (Å²) >= 11 is 1.59. The van der Waals surface area contributed by atoms with Gasteiger partial charge in [0.1, 0.15) is 5.82 Å². The quantitative estimate of drug-likeness (QED) is 0.900. The Bertz CT molecular complexity index is 407. The molecule has 4 nitrogen and oxygen atoms in total. The fourth-order valence-electron chi connectivity index (χ4n) is 2.69. The van der Waals surface area contributed by atoms with Crippen LogP contribution in [0.15, 0.2) is 0 Å². The zero-order valence-corrected chi connectivity index (χ0v) is 12.7. The van der Waals surface area contributed by atoms with Gasteiger partial charge in [0.2, 0.25) is 5.13 Å². The molecule has 1 saturated heterocycles. The number of nitrogens with one attached hydrogen (secondary N) is 1. The zero-order valence-electron chi connectivity index (χ0n) is 11.9. The third-order valence-corrected chi connectivity index (χ3v) is 4.86. The third kappa shape index (κ3) is 3.26. The van der Waals surface area contributed by atoms with Crippen molar-refractivity contribution in [3.8, 4) is 0 Å². The van der Waals surface area contributed by atoms with Crippen LogP contribution in [0, 0.1) is 5.92 Å². The van der Waals surface area contributed by atoms with Gasteiger partial charge in [-0.15, -0.1) is 0 Å². The molecule has 1 aromatic heterocycles. The first-order valence-electron chi connectivity index (χ1n) is 7.55. The molecular weight excluding hydrogens is 256 g/mol. The van der Waals surface area contributed by atoms with Gasteiger partial charge in [0.05, 0.1) is 0 Å². The van der Waals surface area contributed by atoms with E-state index < -0.39 is 0 Å². The molecule has 19 heavy (non-hydrogen) atoms. The lowest BCUT2D eigenvalue weighted by atomic mass is 9.97. The molecule has 106 valence electrons. The maximum Gasteiger partial charge on any atom is 0.205 e. The number of hydrogen-bond donors (Lipinski definition) is 1. The van der Waals surface area contributed by atoms with Crippen LogP contribution in [0.5, 0.6) is 0 Å². The molecule has 0 bridgehead atoms. The minimum Gasteiger partial charge on any atom is -0.344 e. The molecular formula is C14H24N4S. The number of hydrogen-bond acceptors (Lipinski definition) is 5. The second-order valence-electron chi connectivity index (χ2n) is 6.17. The van der Waals surface area contributed by atoms with Crippen molar-refractivity contribution >= 4 is 16.7 Å². The van der Waals surface area contributed by atoms with E-state index in [0.29, 0.717) is 5.92 Å². The summed E-state index contributed by atoms with van der Waals surface area (Å²) in [6.07, 6.45) is 5.28. The highest BCUT2D eigenvalue weighted by Gasteiger charge is 2.33. The Hall–Kier alpha value is -0.680. The maximum absolute atomic E-state index is 4.75. The Morgan fingerprint density at radius 3 is 2.58 bits per heavy atom. The fraction of sp³-hybridized carbons (Fsp3) is 0.857. The Kier molecular flexibility index (Phi) is 4.03. The predicted octanol–water partition coefficient (Wildman–Crippen LogP) is 2.63. The second-order valence-corrected chi connectivity index (χ2v) is 6.90. The first-order valence-corrected chi connectivity index (χ1v) is 8.32. The average Bonchev–Trinajstić information content (AvgIpc) is 3.13. The van der Waals surface area contributed by atoms with Crippen LogP contribution in [-0.2, 0) is 0 Å². The summed E-state index contributed by atoms with van der Waals surface area (Å²) in [6, 6.07) is 0.739. The summed E-state index contributed by atoms with van der Waals surface area (Å²) in [5, 5.41) is 4.60. The lowest BCUT2D eigenvalue weighted by molar-refractivity contribution is 0.372. The van der Waals surface area contributed by atoms with Crippen LogP contribution in [-0.4, -0.2) is 35.0 Å². The SMILES string of the molecule is CC(C)c1nsc(N(CC2CCNCC2)C2CC2)n1. The normalized spacial score (nSPS) is 21.0. The largest absolute Gasteiger partial charge is 0.344 e. The van der Waals surface area contributed by atoms with Crippen LogP contribution in [0.4, 0.5) is 5.13 Å². The summed E-state index contributed by atoms with van der Waals surface area (Å²) in [7, 11) is 0. The Morgan fingerprint density at radius 2 is 2.00 bits per heavy atom. The van der Waals surface area contributed by atoms with Crippen molar-refractivity contribution in [3.63, 3.8) is 0 Å². The molecule has 2 heterocycles. The van der Waals surface area contributed by atoms with Gasteiger partial charge in [-0.2, -0.15) is 4.37 Å². The van der Waals surface area contributed by atoms with E-state index in [4.69, 9.17) is 4.98 Å². The molecule has 0 aromatic carbocycles. The van der Waals surface area contributed by atoms with Crippen LogP contribution < -0.4 is 10.2 Å². The monoisotopic (exact) mass is 280 g/mol. The number of piperidine rings is 1. The second kappa shape index (κ2) is 5.75. The van der Waals surface area contributed by atoms with Gasteiger partial charge in [-0.05, 0) is 44.7 Å². The molecule has 1 aliphatic carbocycles. The summed E-state index contributed by atoms with van der Waals surface area (Å²) in [6.45, 7) is 7.87. The highest BCUT2D eigenvalue weighted by atomic mass is 32.1. The van der Waals surface area contributed by atoms with Crippen LogP contribution in [0.1, 0.15) is 51.3 Å². The number of anilines is 1. The molecule has 0 amide bonds. The lowest BCUT2D eigenvalue weighted by Crippen LogP contribution is -2.37. The Morgan fingerprint density at radius 1 is 1.26 bits per heavy atom. The maximum atomic E-state index is 4.75. The molecule has 5 heteroatoms. The van der Waals surface area contributed by atoms with Crippen LogP contribution in [0.3, 0.4) is 0 Å². The van der Waals surface area contributed by atoms with E-state index in [-0.39, 0.29) is 0 Å². The molecule has 0 atom stereocenters. The lowest BCUT2D eigenvalue weighted by Gasteiger charge is -2.29. The van der Waals surface area contributed by atoms with Crippen molar-refractivity contribution < 1.29 is 0 Å². The summed E-state index contributed by atoms with van der Waals surface area (Å²) in [4.78, 5) is 7.30. The number of aromatic nitrogens is 2. The van der Waals surface area contributed by atoms with Crippen LogP contribution in [0.25, 0.3) is 0 Å². The van der Waals surface area contributed by atoms with E-state index in [1.807, 2.05) is 0 Å². The molecule has 2 fully saturated rings. The van der Waals surface area contributed by atoms with Crippen molar-refractivity contribution in [1.82, 2.24) is 14.7 Å².